The van der Waals surface area contributed by atoms with Crippen molar-refractivity contribution in [2.45, 2.75) is 134 Å². The third-order valence-electron chi connectivity index (χ3n) is 11.2. The summed E-state index contributed by atoms with van der Waals surface area (Å²) in [6, 6.07) is 13.3. The Labute approximate surface area is 222 Å². The topological polar surface area (TPSA) is 3.24 Å². The summed E-state index contributed by atoms with van der Waals surface area (Å²) in [5.41, 5.74) is 7.67. The van der Waals surface area contributed by atoms with Crippen LogP contribution in [0.3, 0.4) is 0 Å². The summed E-state index contributed by atoms with van der Waals surface area (Å²) < 4.78 is 3.31. The van der Waals surface area contributed by atoms with E-state index in [1.807, 2.05) is 0 Å². The van der Waals surface area contributed by atoms with Crippen LogP contribution in [0.1, 0.15) is 110 Å². The minimum absolute atomic E-state index is 0.147. The Balaban J connectivity index is 1.46. The van der Waals surface area contributed by atoms with Gasteiger partial charge >= 0.3 is 0 Å². The second kappa shape index (κ2) is 8.97. The van der Waals surface area contributed by atoms with Crippen LogP contribution < -0.4 is 0 Å². The van der Waals surface area contributed by atoms with Crippen molar-refractivity contribution >= 4 is 13.8 Å². The van der Waals surface area contributed by atoms with Gasteiger partial charge in [-0.25, -0.2) is 0 Å². The fourth-order valence-corrected chi connectivity index (χ4v) is 18.3. The van der Waals surface area contributed by atoms with E-state index in [0.29, 0.717) is 0 Å². The molecule has 3 fully saturated rings. The molecule has 0 N–H and O–H groups in total. The third-order valence-corrected chi connectivity index (χ3v) is 17.9. The van der Waals surface area contributed by atoms with E-state index in [1.165, 1.54) is 63.4 Å². The summed E-state index contributed by atoms with van der Waals surface area (Å²) in [4.78, 5) is 0. The summed E-state index contributed by atoms with van der Waals surface area (Å²) >= 11 is 0. The van der Waals surface area contributed by atoms with Crippen LogP contribution >= 0.6 is 0 Å². The maximum Gasteiger partial charge on any atom is 0.133 e. The summed E-state index contributed by atoms with van der Waals surface area (Å²) in [5.74, 6) is 2.35. The van der Waals surface area contributed by atoms with Gasteiger partial charge < -0.3 is 4.57 Å². The highest BCUT2D eigenvalue weighted by Gasteiger charge is 2.59. The summed E-state index contributed by atoms with van der Waals surface area (Å²) in [7, 11) is -1.68. The molecule has 5 aliphatic rings. The molecule has 36 heavy (non-hydrogen) atoms. The summed E-state index contributed by atoms with van der Waals surface area (Å²) in [6.07, 6.45) is 18.8. The molecule has 1 aliphatic heterocycles. The number of benzene rings is 1. The molecular formula is C34H51NSi. The lowest BCUT2D eigenvalue weighted by molar-refractivity contribution is 0.133. The standard InChI is InChI=1S/C34H51NSi/c1-24-21-25-22-31-29(27-17-11-12-18-30(27)34(31,5)6)23-28(25)32(24)36(19-13-8-14-20-36)35(33(2,3)4)26-15-9-7-10-16-26/h11-12,17-18,22-26,28,32H,7-10,13-16,19-21H2,1-6H3. The second-order valence-electron chi connectivity index (χ2n) is 14.8. The fourth-order valence-electron chi connectivity index (χ4n) is 10.3. The molecule has 4 atom stereocenters. The first-order valence-electron chi connectivity index (χ1n) is 15.5. The molecule has 6 rings (SSSR count). The van der Waals surface area contributed by atoms with Gasteiger partial charge in [0.05, 0.1) is 0 Å². The lowest BCUT2D eigenvalue weighted by atomic mass is 9.76. The van der Waals surface area contributed by atoms with Gasteiger partial charge in [-0.05, 0) is 97.7 Å². The maximum absolute atomic E-state index is 3.31. The molecule has 1 aromatic carbocycles. The predicted octanol–water partition coefficient (Wildman–Crippen LogP) is 9.51. The van der Waals surface area contributed by atoms with E-state index in [4.69, 9.17) is 0 Å². The number of hydrogen-bond donors (Lipinski definition) is 0. The minimum Gasteiger partial charge on any atom is -0.316 e. The van der Waals surface area contributed by atoms with Crippen LogP contribution in [-0.4, -0.2) is 24.4 Å². The lowest BCUT2D eigenvalue weighted by Gasteiger charge is -2.60. The van der Waals surface area contributed by atoms with Crippen molar-refractivity contribution in [1.82, 2.24) is 4.57 Å². The molecule has 0 aromatic heterocycles. The van der Waals surface area contributed by atoms with Gasteiger partial charge in [0.25, 0.3) is 0 Å². The molecule has 4 unspecified atom stereocenters. The smallest absolute Gasteiger partial charge is 0.133 e. The Morgan fingerprint density at radius 3 is 2.25 bits per heavy atom. The first-order chi connectivity index (χ1) is 17.1. The van der Waals surface area contributed by atoms with Gasteiger partial charge in [0, 0.05) is 17.0 Å². The number of allylic oxidation sites excluding steroid dienone is 4. The van der Waals surface area contributed by atoms with Gasteiger partial charge in [-0.1, -0.05) is 95.7 Å². The molecule has 0 amide bonds. The van der Waals surface area contributed by atoms with E-state index in [1.54, 1.807) is 28.8 Å². The fraction of sp³-hybridized carbons (Fsp3) is 0.706. The average Bonchev–Trinajstić information content (AvgIpc) is 3.29. The quantitative estimate of drug-likeness (QED) is 0.373. The van der Waals surface area contributed by atoms with Crippen molar-refractivity contribution in [2.24, 2.45) is 17.8 Å². The van der Waals surface area contributed by atoms with Crippen LogP contribution in [0, 0.1) is 17.8 Å². The number of rotatable bonds is 3. The average molecular weight is 502 g/mol. The largest absolute Gasteiger partial charge is 0.316 e. The Hall–Kier alpha value is -1.12. The molecule has 1 saturated heterocycles. The van der Waals surface area contributed by atoms with Crippen LogP contribution in [-0.2, 0) is 5.41 Å². The molecule has 1 aromatic rings. The molecule has 2 saturated carbocycles. The third kappa shape index (κ3) is 3.79. The zero-order valence-electron chi connectivity index (χ0n) is 24.1. The summed E-state index contributed by atoms with van der Waals surface area (Å²) in [5, 5.41) is 0. The summed E-state index contributed by atoms with van der Waals surface area (Å²) in [6.45, 7) is 15.3. The van der Waals surface area contributed by atoms with Gasteiger partial charge in [-0.15, -0.1) is 0 Å². The maximum atomic E-state index is 3.31. The minimum atomic E-state index is -1.68. The SMILES string of the molecule is CC1CC2C=C3C(=CC2C1[Si]1(N(C2CCCCC2)C(C)(C)C)CCCCC1)c1ccccc1C3(C)C. The van der Waals surface area contributed by atoms with Crippen molar-refractivity contribution in [2.75, 3.05) is 0 Å². The van der Waals surface area contributed by atoms with Gasteiger partial charge in [0.1, 0.15) is 8.24 Å². The number of hydrogen-bond acceptors (Lipinski definition) is 1. The molecule has 0 bridgehead atoms. The van der Waals surface area contributed by atoms with Crippen molar-refractivity contribution in [3.63, 3.8) is 0 Å². The highest BCUT2D eigenvalue weighted by atomic mass is 28.3. The van der Waals surface area contributed by atoms with Crippen LogP contribution in [0.2, 0.25) is 17.6 Å². The van der Waals surface area contributed by atoms with E-state index < -0.39 is 8.24 Å². The molecule has 4 aliphatic carbocycles. The normalized spacial score (nSPS) is 33.5. The van der Waals surface area contributed by atoms with Crippen LogP contribution in [0.25, 0.3) is 5.57 Å². The monoisotopic (exact) mass is 501 g/mol. The molecule has 196 valence electrons. The molecule has 2 heteroatoms. The van der Waals surface area contributed by atoms with Gasteiger partial charge in [0.15, 0.2) is 0 Å². The highest BCUT2D eigenvalue weighted by Crippen LogP contribution is 2.63. The second-order valence-corrected chi connectivity index (χ2v) is 19.2. The number of nitrogens with zero attached hydrogens (tertiary/aromatic N) is 1. The zero-order chi connectivity index (χ0) is 25.3. The molecular weight excluding hydrogens is 450 g/mol. The van der Waals surface area contributed by atoms with E-state index in [2.05, 4.69) is 82.5 Å². The van der Waals surface area contributed by atoms with E-state index in [9.17, 15) is 0 Å². The van der Waals surface area contributed by atoms with Gasteiger partial charge in [-0.3, -0.25) is 0 Å². The predicted molar refractivity (Wildman–Crippen MR) is 158 cm³/mol. The molecule has 0 radical (unpaired) electrons. The molecule has 1 nitrogen and oxygen atoms in total. The first-order valence-corrected chi connectivity index (χ1v) is 17.9. The Kier molecular flexibility index (Phi) is 6.27. The van der Waals surface area contributed by atoms with Crippen molar-refractivity contribution in [3.05, 3.63) is 53.1 Å². The molecule has 1 heterocycles. The van der Waals surface area contributed by atoms with Crippen molar-refractivity contribution in [1.29, 1.82) is 0 Å². The Morgan fingerprint density at radius 2 is 1.56 bits per heavy atom. The zero-order valence-corrected chi connectivity index (χ0v) is 25.1. The van der Waals surface area contributed by atoms with Crippen molar-refractivity contribution < 1.29 is 0 Å². The van der Waals surface area contributed by atoms with Gasteiger partial charge in [0.2, 0.25) is 0 Å². The first kappa shape index (κ1) is 25.2. The Morgan fingerprint density at radius 1 is 0.889 bits per heavy atom. The highest BCUT2D eigenvalue weighted by molar-refractivity contribution is 6.79. The van der Waals surface area contributed by atoms with Gasteiger partial charge in [-0.2, -0.15) is 0 Å². The Bertz CT molecular complexity index is 1040. The van der Waals surface area contributed by atoms with E-state index >= 15 is 0 Å². The van der Waals surface area contributed by atoms with E-state index in [0.717, 1.165) is 29.3 Å². The van der Waals surface area contributed by atoms with Crippen LogP contribution in [0.15, 0.2) is 42.0 Å². The lowest BCUT2D eigenvalue weighted by Crippen LogP contribution is -2.68. The van der Waals surface area contributed by atoms with E-state index in [-0.39, 0.29) is 11.0 Å². The molecule has 0 spiro atoms. The van der Waals surface area contributed by atoms with Crippen molar-refractivity contribution in [3.8, 4) is 0 Å². The van der Waals surface area contributed by atoms with Crippen LogP contribution in [0.5, 0.6) is 0 Å². The number of fused-ring (bicyclic) bond motifs is 4. The van der Waals surface area contributed by atoms with Crippen LogP contribution in [0.4, 0.5) is 0 Å².